The van der Waals surface area contributed by atoms with Gasteiger partial charge >= 0.3 is 0 Å². The van der Waals surface area contributed by atoms with Crippen molar-refractivity contribution < 1.29 is 14.2 Å². The number of ether oxygens (including phenoxy) is 1. The summed E-state index contributed by atoms with van der Waals surface area (Å²) < 4.78 is 17.8. The van der Waals surface area contributed by atoms with Crippen molar-refractivity contribution in [2.45, 2.75) is 6.42 Å². The van der Waals surface area contributed by atoms with Crippen molar-refractivity contribution >= 4 is 0 Å². The molecule has 13 heavy (non-hydrogen) atoms. The number of benzene rings is 1. The summed E-state index contributed by atoms with van der Waals surface area (Å²) >= 11 is 0. The Bertz CT molecular complexity index is 278. The first-order valence-corrected chi connectivity index (χ1v) is 4.06. The highest BCUT2D eigenvalue weighted by atomic mass is 19.1. The smallest absolute Gasteiger partial charge is 0.194 e. The number of rotatable bonds is 4. The summed E-state index contributed by atoms with van der Waals surface area (Å²) in [7, 11) is 0. The van der Waals surface area contributed by atoms with E-state index < -0.39 is 11.6 Å². The summed E-state index contributed by atoms with van der Waals surface area (Å²) in [6.07, 6.45) is 0.677. The van der Waals surface area contributed by atoms with Gasteiger partial charge in [0.2, 0.25) is 0 Å². The van der Waals surface area contributed by atoms with Gasteiger partial charge in [0.25, 0.3) is 0 Å². The highest BCUT2D eigenvalue weighted by Crippen LogP contribution is 2.28. The number of hydrogen-bond donors (Lipinski definition) is 2. The highest BCUT2D eigenvalue weighted by Gasteiger charge is 2.06. The maximum atomic E-state index is 12.7. The summed E-state index contributed by atoms with van der Waals surface area (Å²) in [5.41, 5.74) is 5.24. The Kier molecular flexibility index (Phi) is 3.52. The second-order valence-corrected chi connectivity index (χ2v) is 2.58. The molecule has 0 amide bonds. The molecule has 1 aromatic carbocycles. The Hall–Kier alpha value is -1.29. The van der Waals surface area contributed by atoms with E-state index in [-0.39, 0.29) is 5.75 Å². The molecule has 0 aliphatic carbocycles. The molecule has 0 aliphatic rings. The first-order chi connectivity index (χ1) is 6.25. The third kappa shape index (κ3) is 2.59. The number of hydrogen-bond acceptors (Lipinski definition) is 3. The predicted octanol–water partition coefficient (Wildman–Crippen LogP) is 1.26. The number of aromatic hydroxyl groups is 1. The van der Waals surface area contributed by atoms with E-state index in [0.29, 0.717) is 19.6 Å². The Balaban J connectivity index is 2.61. The molecule has 1 rings (SSSR count). The fraction of sp³-hybridized carbons (Fsp3) is 0.333. The lowest BCUT2D eigenvalue weighted by atomic mass is 10.3. The lowest BCUT2D eigenvalue weighted by molar-refractivity contribution is 0.290. The quantitative estimate of drug-likeness (QED) is 0.694. The second kappa shape index (κ2) is 4.67. The first-order valence-electron chi connectivity index (χ1n) is 4.06. The van der Waals surface area contributed by atoms with Crippen LogP contribution in [0.15, 0.2) is 18.2 Å². The van der Waals surface area contributed by atoms with Gasteiger partial charge in [0.1, 0.15) is 0 Å². The lowest BCUT2D eigenvalue weighted by Gasteiger charge is -2.06. The van der Waals surface area contributed by atoms with Crippen LogP contribution in [0.25, 0.3) is 0 Å². The molecule has 0 spiro atoms. The van der Waals surface area contributed by atoms with Crippen LogP contribution in [0.1, 0.15) is 6.42 Å². The SMILES string of the molecule is NCCCOc1cccc(F)c1O. The van der Waals surface area contributed by atoms with Crippen LogP contribution in [-0.2, 0) is 0 Å². The zero-order valence-corrected chi connectivity index (χ0v) is 7.16. The molecule has 0 heterocycles. The van der Waals surface area contributed by atoms with Crippen LogP contribution in [0.5, 0.6) is 11.5 Å². The van der Waals surface area contributed by atoms with Gasteiger partial charge in [0.05, 0.1) is 6.61 Å². The molecule has 1 aromatic rings. The van der Waals surface area contributed by atoms with Crippen LogP contribution in [-0.4, -0.2) is 18.3 Å². The average molecular weight is 185 g/mol. The molecule has 0 unspecified atom stereocenters. The number of nitrogens with two attached hydrogens (primary N) is 1. The van der Waals surface area contributed by atoms with Gasteiger partial charge in [-0.05, 0) is 25.1 Å². The van der Waals surface area contributed by atoms with Gasteiger partial charge in [0.15, 0.2) is 17.3 Å². The molecule has 0 atom stereocenters. The molecule has 0 radical (unpaired) electrons. The van der Waals surface area contributed by atoms with Crippen LogP contribution < -0.4 is 10.5 Å². The Labute approximate surface area is 75.9 Å². The average Bonchev–Trinajstić information content (AvgIpc) is 2.13. The third-order valence-corrected chi connectivity index (χ3v) is 1.56. The predicted molar refractivity (Wildman–Crippen MR) is 47.2 cm³/mol. The van der Waals surface area contributed by atoms with Gasteiger partial charge < -0.3 is 15.6 Å². The molecule has 4 heteroatoms. The van der Waals surface area contributed by atoms with E-state index in [9.17, 15) is 4.39 Å². The van der Waals surface area contributed by atoms with E-state index in [1.54, 1.807) is 0 Å². The molecule has 0 fully saturated rings. The maximum Gasteiger partial charge on any atom is 0.194 e. The highest BCUT2D eigenvalue weighted by molar-refractivity contribution is 5.39. The first kappa shape index (κ1) is 9.80. The molecule has 3 N–H and O–H groups in total. The van der Waals surface area contributed by atoms with E-state index in [0.717, 1.165) is 0 Å². The van der Waals surface area contributed by atoms with Gasteiger partial charge in [-0.25, -0.2) is 4.39 Å². The number of halogens is 1. The van der Waals surface area contributed by atoms with E-state index in [4.69, 9.17) is 15.6 Å². The Morgan fingerprint density at radius 1 is 1.46 bits per heavy atom. The molecular formula is C9H12FNO2. The van der Waals surface area contributed by atoms with Crippen molar-refractivity contribution in [1.29, 1.82) is 0 Å². The van der Waals surface area contributed by atoms with Crippen molar-refractivity contribution in [2.75, 3.05) is 13.2 Å². The minimum absolute atomic E-state index is 0.161. The fourth-order valence-corrected chi connectivity index (χ4v) is 0.877. The molecule has 0 aromatic heterocycles. The summed E-state index contributed by atoms with van der Waals surface area (Å²) in [6, 6.07) is 4.16. The van der Waals surface area contributed by atoms with E-state index in [2.05, 4.69) is 0 Å². The molecular weight excluding hydrogens is 173 g/mol. The van der Waals surface area contributed by atoms with Crippen molar-refractivity contribution in [3.63, 3.8) is 0 Å². The number of phenolic OH excluding ortho intramolecular Hbond substituents is 1. The largest absolute Gasteiger partial charge is 0.502 e. The fourth-order valence-electron chi connectivity index (χ4n) is 0.877. The number of para-hydroxylation sites is 1. The van der Waals surface area contributed by atoms with Gasteiger partial charge in [-0.2, -0.15) is 0 Å². The van der Waals surface area contributed by atoms with Crippen LogP contribution in [0.3, 0.4) is 0 Å². The molecule has 3 nitrogen and oxygen atoms in total. The van der Waals surface area contributed by atoms with Crippen LogP contribution in [0.2, 0.25) is 0 Å². The van der Waals surface area contributed by atoms with E-state index in [1.165, 1.54) is 18.2 Å². The standard InChI is InChI=1S/C9H12FNO2/c10-7-3-1-4-8(9(7)12)13-6-2-5-11/h1,3-4,12H,2,5-6,11H2. The van der Waals surface area contributed by atoms with E-state index >= 15 is 0 Å². The van der Waals surface area contributed by atoms with Gasteiger partial charge in [0, 0.05) is 0 Å². The van der Waals surface area contributed by atoms with Crippen molar-refractivity contribution in [3.05, 3.63) is 24.0 Å². The van der Waals surface area contributed by atoms with Crippen molar-refractivity contribution in [3.8, 4) is 11.5 Å². The van der Waals surface area contributed by atoms with E-state index in [1.807, 2.05) is 0 Å². The van der Waals surface area contributed by atoms with Crippen LogP contribution in [0.4, 0.5) is 4.39 Å². The lowest BCUT2D eigenvalue weighted by Crippen LogP contribution is -2.06. The normalized spacial score (nSPS) is 10.0. The molecule has 0 saturated heterocycles. The molecule has 0 aliphatic heterocycles. The maximum absolute atomic E-state index is 12.7. The zero-order valence-electron chi connectivity index (χ0n) is 7.16. The monoisotopic (exact) mass is 185 g/mol. The third-order valence-electron chi connectivity index (χ3n) is 1.56. The van der Waals surface area contributed by atoms with Crippen molar-refractivity contribution in [2.24, 2.45) is 5.73 Å². The molecule has 0 saturated carbocycles. The van der Waals surface area contributed by atoms with Crippen LogP contribution >= 0.6 is 0 Å². The Morgan fingerprint density at radius 2 is 2.23 bits per heavy atom. The van der Waals surface area contributed by atoms with Gasteiger partial charge in [-0.15, -0.1) is 0 Å². The van der Waals surface area contributed by atoms with Gasteiger partial charge in [-0.1, -0.05) is 6.07 Å². The topological polar surface area (TPSA) is 55.5 Å². The molecule has 72 valence electrons. The summed E-state index contributed by atoms with van der Waals surface area (Å²) in [6.45, 7) is 0.892. The minimum atomic E-state index is -0.676. The summed E-state index contributed by atoms with van der Waals surface area (Å²) in [5.74, 6) is -0.960. The summed E-state index contributed by atoms with van der Waals surface area (Å²) in [4.78, 5) is 0. The molecule has 0 bridgehead atoms. The Morgan fingerprint density at radius 3 is 2.92 bits per heavy atom. The van der Waals surface area contributed by atoms with Gasteiger partial charge in [-0.3, -0.25) is 0 Å². The summed E-state index contributed by atoms with van der Waals surface area (Å²) in [5, 5.41) is 9.17. The van der Waals surface area contributed by atoms with Crippen LogP contribution in [0, 0.1) is 5.82 Å². The number of phenols is 1. The second-order valence-electron chi connectivity index (χ2n) is 2.58. The minimum Gasteiger partial charge on any atom is -0.502 e. The van der Waals surface area contributed by atoms with Crippen molar-refractivity contribution in [1.82, 2.24) is 0 Å². The zero-order chi connectivity index (χ0) is 9.68.